The van der Waals surface area contributed by atoms with Crippen LogP contribution < -0.4 is 0 Å². The van der Waals surface area contributed by atoms with Crippen LogP contribution in [0.4, 0.5) is 13.2 Å². The van der Waals surface area contributed by atoms with Crippen molar-refractivity contribution in [2.75, 3.05) is 11.5 Å². The van der Waals surface area contributed by atoms with Crippen molar-refractivity contribution in [1.82, 2.24) is 19.5 Å². The van der Waals surface area contributed by atoms with E-state index in [-0.39, 0.29) is 27.7 Å². The molecule has 0 atom stereocenters. The van der Waals surface area contributed by atoms with Crippen LogP contribution in [0.25, 0.3) is 22.6 Å². The highest BCUT2D eigenvalue weighted by Crippen LogP contribution is 2.33. The van der Waals surface area contributed by atoms with Crippen LogP contribution in [0, 0.1) is 0 Å². The number of pyridine rings is 2. The molecule has 0 saturated heterocycles. The quantitative estimate of drug-likeness (QED) is 0.571. The Kier molecular flexibility index (Phi) is 5.41. The molecule has 0 unspecified atom stereocenters. The summed E-state index contributed by atoms with van der Waals surface area (Å²) in [5.41, 5.74) is -0.532. The number of aryl methyl sites for hydroxylation is 1. The lowest BCUT2D eigenvalue weighted by Crippen LogP contribution is -2.09. The summed E-state index contributed by atoms with van der Waals surface area (Å²) in [6, 6.07) is 3.93. The molecule has 0 aromatic carbocycles. The molecule has 0 aliphatic carbocycles. The van der Waals surface area contributed by atoms with E-state index in [0.29, 0.717) is 10.5 Å². The predicted molar refractivity (Wildman–Crippen MR) is 101 cm³/mol. The summed E-state index contributed by atoms with van der Waals surface area (Å²) in [5, 5.41) is 0.605. The molecular weight excluding hydrogens is 413 g/mol. The van der Waals surface area contributed by atoms with Gasteiger partial charge in [0.15, 0.2) is 15.7 Å². The number of alkyl halides is 3. The number of aromatic nitrogens is 4. The Morgan fingerprint density at radius 2 is 1.89 bits per heavy atom. The van der Waals surface area contributed by atoms with E-state index in [2.05, 4.69) is 15.0 Å². The molecule has 0 aliphatic heterocycles. The van der Waals surface area contributed by atoms with Gasteiger partial charge in [-0.05, 0) is 24.0 Å². The lowest BCUT2D eigenvalue weighted by molar-refractivity contribution is -0.141. The molecule has 3 aromatic heterocycles. The maximum absolute atomic E-state index is 13.0. The molecule has 0 amide bonds. The van der Waals surface area contributed by atoms with Gasteiger partial charge in [-0.3, -0.25) is 0 Å². The van der Waals surface area contributed by atoms with Crippen molar-refractivity contribution in [2.45, 2.75) is 29.9 Å². The van der Waals surface area contributed by atoms with Crippen LogP contribution in [0.2, 0.25) is 0 Å². The summed E-state index contributed by atoms with van der Waals surface area (Å²) in [6.45, 7) is 3.45. The minimum absolute atomic E-state index is 0.00198. The monoisotopic (exact) mass is 430 g/mol. The predicted octanol–water partition coefficient (Wildman–Crippen LogP) is 3.95. The Hall–Kier alpha value is -2.14. The molecule has 3 aromatic rings. The molecule has 3 rings (SSSR count). The number of hydrogen-bond donors (Lipinski definition) is 0. The molecule has 150 valence electrons. The van der Waals surface area contributed by atoms with E-state index in [1.54, 1.807) is 13.1 Å². The van der Waals surface area contributed by atoms with Gasteiger partial charge in [0.25, 0.3) is 0 Å². The van der Waals surface area contributed by atoms with Crippen LogP contribution >= 0.6 is 11.8 Å². The van der Waals surface area contributed by atoms with Crippen LogP contribution in [0.3, 0.4) is 0 Å². The van der Waals surface area contributed by atoms with Crippen molar-refractivity contribution in [3.8, 4) is 11.5 Å². The number of imidazole rings is 1. The van der Waals surface area contributed by atoms with E-state index >= 15 is 0 Å². The average molecular weight is 430 g/mol. The van der Waals surface area contributed by atoms with Crippen molar-refractivity contribution in [3.05, 3.63) is 30.1 Å². The molecule has 0 bridgehead atoms. The zero-order valence-corrected chi connectivity index (χ0v) is 16.9. The second kappa shape index (κ2) is 7.36. The number of nitrogens with zero attached hydrogens (tertiary/aromatic N) is 4. The van der Waals surface area contributed by atoms with Crippen molar-refractivity contribution in [3.63, 3.8) is 0 Å². The Bertz CT molecular complexity index is 1140. The molecule has 6 nitrogen and oxygen atoms in total. The van der Waals surface area contributed by atoms with Crippen molar-refractivity contribution < 1.29 is 21.6 Å². The molecular formula is C17H17F3N4O2S2. The zero-order valence-electron chi connectivity index (χ0n) is 15.3. The summed E-state index contributed by atoms with van der Waals surface area (Å²) in [7, 11) is -2.03. The smallest absolute Gasteiger partial charge is 0.324 e. The topological polar surface area (TPSA) is 77.7 Å². The van der Waals surface area contributed by atoms with Crippen LogP contribution in [0.15, 0.2) is 34.3 Å². The van der Waals surface area contributed by atoms with Crippen molar-refractivity contribution in [2.24, 2.45) is 7.05 Å². The third-order valence-electron chi connectivity index (χ3n) is 4.11. The molecule has 11 heteroatoms. The fraction of sp³-hybridized carbons (Fsp3) is 0.353. The summed E-state index contributed by atoms with van der Waals surface area (Å²) < 4.78 is 65.4. The van der Waals surface area contributed by atoms with E-state index in [9.17, 15) is 21.6 Å². The molecule has 3 heterocycles. The first-order valence-corrected chi connectivity index (χ1v) is 11.0. The second-order valence-electron chi connectivity index (χ2n) is 5.88. The molecule has 0 fully saturated rings. The first-order valence-electron chi connectivity index (χ1n) is 8.35. The van der Waals surface area contributed by atoms with Crippen LogP contribution in [-0.2, 0) is 23.1 Å². The van der Waals surface area contributed by atoms with Crippen LogP contribution in [0.1, 0.15) is 19.5 Å². The van der Waals surface area contributed by atoms with E-state index in [1.807, 2.05) is 6.92 Å². The van der Waals surface area contributed by atoms with Gasteiger partial charge in [0.05, 0.1) is 32.9 Å². The van der Waals surface area contributed by atoms with Crippen LogP contribution in [-0.4, -0.2) is 39.4 Å². The van der Waals surface area contributed by atoms with E-state index in [1.165, 1.54) is 29.3 Å². The third-order valence-corrected chi connectivity index (χ3v) is 6.68. The number of halogens is 3. The summed E-state index contributed by atoms with van der Waals surface area (Å²) in [6.07, 6.45) is -3.52. The maximum atomic E-state index is 13.0. The molecule has 0 saturated carbocycles. The average Bonchev–Trinajstić information content (AvgIpc) is 2.97. The maximum Gasteiger partial charge on any atom is 0.433 e. The zero-order chi connectivity index (χ0) is 20.7. The minimum atomic E-state index is -4.60. The highest BCUT2D eigenvalue weighted by molar-refractivity contribution is 7.99. The normalized spacial score (nSPS) is 12.6. The van der Waals surface area contributed by atoms with Crippen molar-refractivity contribution in [1.29, 1.82) is 0 Å². The van der Waals surface area contributed by atoms with Gasteiger partial charge in [0.2, 0.25) is 0 Å². The lowest BCUT2D eigenvalue weighted by atomic mass is 10.3. The number of hydrogen-bond acceptors (Lipinski definition) is 6. The first kappa shape index (κ1) is 20.6. The van der Waals surface area contributed by atoms with E-state index in [4.69, 9.17) is 0 Å². The third kappa shape index (κ3) is 3.72. The van der Waals surface area contributed by atoms with Gasteiger partial charge < -0.3 is 4.57 Å². The first-order chi connectivity index (χ1) is 13.1. The fourth-order valence-corrected chi connectivity index (χ4v) is 4.31. The van der Waals surface area contributed by atoms with Crippen LogP contribution in [0.5, 0.6) is 0 Å². The molecule has 0 N–H and O–H groups in total. The van der Waals surface area contributed by atoms with Gasteiger partial charge in [-0.2, -0.15) is 13.2 Å². The SMILES string of the molecule is CCSc1ccc(S(=O)(=O)CC)c(-c2nc3cc(C(F)(F)F)ncc3n2C)n1. The highest BCUT2D eigenvalue weighted by atomic mass is 32.2. The van der Waals surface area contributed by atoms with Gasteiger partial charge >= 0.3 is 6.18 Å². The summed E-state index contributed by atoms with van der Waals surface area (Å²) in [4.78, 5) is 12.1. The Balaban J connectivity index is 2.28. The molecule has 0 spiro atoms. The van der Waals surface area contributed by atoms with Gasteiger partial charge in [0.1, 0.15) is 11.4 Å². The molecule has 0 radical (unpaired) electrons. The van der Waals surface area contributed by atoms with Gasteiger partial charge in [-0.1, -0.05) is 13.8 Å². The summed E-state index contributed by atoms with van der Waals surface area (Å²) >= 11 is 1.43. The minimum Gasteiger partial charge on any atom is -0.324 e. The fourth-order valence-electron chi connectivity index (χ4n) is 2.68. The number of rotatable bonds is 5. The Labute approximate surface area is 164 Å². The lowest BCUT2D eigenvalue weighted by Gasteiger charge is -2.10. The van der Waals surface area contributed by atoms with E-state index < -0.39 is 21.7 Å². The largest absolute Gasteiger partial charge is 0.433 e. The molecule has 28 heavy (non-hydrogen) atoms. The van der Waals surface area contributed by atoms with Gasteiger partial charge in [-0.15, -0.1) is 11.8 Å². The van der Waals surface area contributed by atoms with Gasteiger partial charge in [-0.25, -0.2) is 23.4 Å². The standard InChI is InChI=1S/C17H17F3N4O2S2/c1-4-27-14-7-6-12(28(25,26)5-2)15(23-14)16-22-10-8-13(17(18,19)20)21-9-11(10)24(16)3/h6-9H,4-5H2,1-3H3. The number of thioether (sulfide) groups is 1. The van der Waals surface area contributed by atoms with Gasteiger partial charge in [0, 0.05) is 7.05 Å². The van der Waals surface area contributed by atoms with Crippen molar-refractivity contribution >= 4 is 32.6 Å². The number of sulfone groups is 1. The summed E-state index contributed by atoms with van der Waals surface area (Å²) in [5.74, 6) is 0.765. The highest BCUT2D eigenvalue weighted by Gasteiger charge is 2.33. The Morgan fingerprint density at radius 1 is 1.18 bits per heavy atom. The Morgan fingerprint density at radius 3 is 2.50 bits per heavy atom. The second-order valence-corrected chi connectivity index (χ2v) is 9.41. The number of fused-ring (bicyclic) bond motifs is 1. The molecule has 0 aliphatic rings. The van der Waals surface area contributed by atoms with E-state index in [0.717, 1.165) is 18.0 Å².